The van der Waals surface area contributed by atoms with Crippen molar-refractivity contribution in [3.05, 3.63) is 46.2 Å². The summed E-state index contributed by atoms with van der Waals surface area (Å²) in [6.07, 6.45) is 0. The summed E-state index contributed by atoms with van der Waals surface area (Å²) in [6, 6.07) is 7.36. The summed E-state index contributed by atoms with van der Waals surface area (Å²) in [7, 11) is 0. The largest absolute Gasteiger partial charge is 0.482 e. The van der Waals surface area contributed by atoms with E-state index < -0.39 is 24.5 Å². The van der Waals surface area contributed by atoms with Gasteiger partial charge in [0.05, 0.1) is 17.8 Å². The second-order valence-electron chi connectivity index (χ2n) is 5.43. The molecule has 4 amide bonds. The second-order valence-corrected chi connectivity index (χ2v) is 6.47. The molecule has 0 radical (unpaired) electrons. The van der Waals surface area contributed by atoms with E-state index in [-0.39, 0.29) is 18.1 Å². The highest BCUT2D eigenvalue weighted by Crippen LogP contribution is 2.28. The minimum absolute atomic E-state index is 0.144. The molecule has 0 spiro atoms. The Kier molecular flexibility index (Phi) is 5.67. The molecule has 0 unspecified atom stereocenters. The van der Waals surface area contributed by atoms with E-state index in [2.05, 4.69) is 16.0 Å². The smallest absolute Gasteiger partial charge is 0.338 e. The molecule has 1 aliphatic heterocycles. The van der Waals surface area contributed by atoms with Crippen LogP contribution < -0.4 is 20.7 Å². The number of carbonyl (C=O) groups is 4. The Labute approximate surface area is 157 Å². The second kappa shape index (κ2) is 8.32. The molecule has 1 aliphatic rings. The van der Waals surface area contributed by atoms with Gasteiger partial charge in [0.2, 0.25) is 0 Å². The number of ether oxygens (including phenoxy) is 2. The predicted octanol–water partition coefficient (Wildman–Crippen LogP) is 1.26. The van der Waals surface area contributed by atoms with Crippen LogP contribution in [0.25, 0.3) is 0 Å². The molecular formula is C17H15N3O6S. The molecule has 0 fully saturated rings. The first-order valence-electron chi connectivity index (χ1n) is 7.85. The van der Waals surface area contributed by atoms with E-state index in [1.165, 1.54) is 29.5 Å². The van der Waals surface area contributed by atoms with Crippen molar-refractivity contribution in [3.8, 4) is 5.75 Å². The molecular weight excluding hydrogens is 374 g/mol. The standard InChI is InChI=1S/C17H15N3O6S/c21-14-8-25-13-6-10(3-4-12(13)19-14)16(23)26-9-15(22)20-17(24)18-7-11-2-1-5-27-11/h1-6H,7-9H2,(H,19,21)(H2,18,20,22,24). The summed E-state index contributed by atoms with van der Waals surface area (Å²) in [6.45, 7) is -0.462. The van der Waals surface area contributed by atoms with Crippen molar-refractivity contribution < 1.29 is 28.7 Å². The third-order valence-corrected chi connectivity index (χ3v) is 4.32. The fraction of sp³-hybridized carbons (Fsp3) is 0.176. The SMILES string of the molecule is O=C(COC(=O)c1ccc2c(c1)OCC(=O)N2)NC(=O)NCc1cccs1. The molecule has 0 bridgehead atoms. The van der Waals surface area contributed by atoms with E-state index in [1.54, 1.807) is 0 Å². The van der Waals surface area contributed by atoms with Crippen molar-refractivity contribution in [2.24, 2.45) is 0 Å². The van der Waals surface area contributed by atoms with Gasteiger partial charge in [0.1, 0.15) is 5.75 Å². The van der Waals surface area contributed by atoms with Crippen LogP contribution in [-0.2, 0) is 20.9 Å². The Balaban J connectivity index is 1.45. The Morgan fingerprint density at radius 3 is 2.89 bits per heavy atom. The minimum atomic E-state index is -0.757. The summed E-state index contributed by atoms with van der Waals surface area (Å²) in [5.41, 5.74) is 0.600. The molecule has 3 rings (SSSR count). The van der Waals surface area contributed by atoms with Crippen molar-refractivity contribution in [3.63, 3.8) is 0 Å². The lowest BCUT2D eigenvalue weighted by molar-refractivity contribution is -0.123. The minimum Gasteiger partial charge on any atom is -0.482 e. The predicted molar refractivity (Wildman–Crippen MR) is 95.5 cm³/mol. The number of fused-ring (bicyclic) bond motifs is 1. The van der Waals surface area contributed by atoms with Crippen LogP contribution in [0.2, 0.25) is 0 Å². The van der Waals surface area contributed by atoms with Gasteiger partial charge in [-0.05, 0) is 29.6 Å². The van der Waals surface area contributed by atoms with Crippen LogP contribution in [-0.4, -0.2) is 37.0 Å². The number of amides is 4. The number of urea groups is 1. The zero-order valence-electron chi connectivity index (χ0n) is 13.9. The molecule has 1 aromatic carbocycles. The Bertz CT molecular complexity index is 881. The normalized spacial score (nSPS) is 12.2. The van der Waals surface area contributed by atoms with Gasteiger partial charge >= 0.3 is 12.0 Å². The monoisotopic (exact) mass is 389 g/mol. The van der Waals surface area contributed by atoms with E-state index in [4.69, 9.17) is 9.47 Å². The van der Waals surface area contributed by atoms with Gasteiger partial charge in [-0.25, -0.2) is 9.59 Å². The maximum Gasteiger partial charge on any atom is 0.338 e. The maximum atomic E-state index is 12.0. The van der Waals surface area contributed by atoms with Crippen LogP contribution >= 0.6 is 11.3 Å². The van der Waals surface area contributed by atoms with E-state index in [9.17, 15) is 19.2 Å². The van der Waals surface area contributed by atoms with Crippen LogP contribution in [0.5, 0.6) is 5.75 Å². The van der Waals surface area contributed by atoms with Gasteiger partial charge in [-0.3, -0.25) is 14.9 Å². The lowest BCUT2D eigenvalue weighted by Crippen LogP contribution is -2.41. The van der Waals surface area contributed by atoms with Gasteiger partial charge in [0, 0.05) is 4.88 Å². The quantitative estimate of drug-likeness (QED) is 0.662. The fourth-order valence-electron chi connectivity index (χ4n) is 2.20. The molecule has 0 aliphatic carbocycles. The van der Waals surface area contributed by atoms with Gasteiger partial charge in [-0.1, -0.05) is 6.07 Å². The van der Waals surface area contributed by atoms with Crippen molar-refractivity contribution in [2.45, 2.75) is 6.54 Å². The average molecular weight is 389 g/mol. The zero-order valence-corrected chi connectivity index (χ0v) is 14.8. The van der Waals surface area contributed by atoms with Crippen LogP contribution in [0.15, 0.2) is 35.7 Å². The van der Waals surface area contributed by atoms with Crippen molar-refractivity contribution in [2.75, 3.05) is 18.5 Å². The topological polar surface area (TPSA) is 123 Å². The molecule has 3 N–H and O–H groups in total. The van der Waals surface area contributed by atoms with E-state index in [0.717, 1.165) is 4.88 Å². The van der Waals surface area contributed by atoms with Crippen LogP contribution in [0.4, 0.5) is 10.5 Å². The number of anilines is 1. The summed E-state index contributed by atoms with van der Waals surface area (Å²) < 4.78 is 10.1. The Morgan fingerprint density at radius 2 is 2.11 bits per heavy atom. The number of hydrogen-bond acceptors (Lipinski definition) is 7. The third kappa shape index (κ3) is 5.05. The number of carbonyl (C=O) groups excluding carboxylic acids is 4. The maximum absolute atomic E-state index is 12.0. The van der Waals surface area contributed by atoms with Gasteiger partial charge in [0.25, 0.3) is 11.8 Å². The van der Waals surface area contributed by atoms with Crippen molar-refractivity contribution in [1.82, 2.24) is 10.6 Å². The van der Waals surface area contributed by atoms with Crippen molar-refractivity contribution in [1.29, 1.82) is 0 Å². The van der Waals surface area contributed by atoms with Gasteiger partial charge in [0.15, 0.2) is 13.2 Å². The third-order valence-electron chi connectivity index (χ3n) is 3.44. The van der Waals surface area contributed by atoms with E-state index in [1.807, 2.05) is 17.5 Å². The summed E-state index contributed by atoms with van der Waals surface area (Å²) >= 11 is 1.48. The summed E-state index contributed by atoms with van der Waals surface area (Å²) in [4.78, 5) is 47.5. The average Bonchev–Trinajstić information content (AvgIpc) is 3.17. The first-order valence-corrected chi connectivity index (χ1v) is 8.73. The highest BCUT2D eigenvalue weighted by Gasteiger charge is 2.19. The molecule has 10 heteroatoms. The number of imide groups is 1. The van der Waals surface area contributed by atoms with Gasteiger partial charge < -0.3 is 20.1 Å². The Hall–Kier alpha value is -3.40. The molecule has 0 saturated carbocycles. The molecule has 1 aromatic heterocycles. The number of hydrogen-bond donors (Lipinski definition) is 3. The zero-order chi connectivity index (χ0) is 19.2. The first-order chi connectivity index (χ1) is 13.0. The number of benzene rings is 1. The highest BCUT2D eigenvalue weighted by atomic mass is 32.1. The van der Waals surface area contributed by atoms with Crippen LogP contribution in [0.3, 0.4) is 0 Å². The number of nitrogens with one attached hydrogen (secondary N) is 3. The Morgan fingerprint density at radius 1 is 1.26 bits per heavy atom. The highest BCUT2D eigenvalue weighted by molar-refractivity contribution is 7.09. The molecule has 0 saturated heterocycles. The molecule has 2 aromatic rings. The van der Waals surface area contributed by atoms with Crippen molar-refractivity contribution >= 4 is 40.8 Å². The summed E-state index contributed by atoms with van der Waals surface area (Å²) in [5.74, 6) is -1.46. The summed E-state index contributed by atoms with van der Waals surface area (Å²) in [5, 5.41) is 9.06. The fourth-order valence-corrected chi connectivity index (χ4v) is 2.85. The first kappa shape index (κ1) is 18.4. The molecule has 140 valence electrons. The molecule has 2 heterocycles. The number of esters is 1. The lowest BCUT2D eigenvalue weighted by Gasteiger charge is -2.18. The van der Waals surface area contributed by atoms with Crippen LogP contribution in [0.1, 0.15) is 15.2 Å². The number of thiophene rings is 1. The van der Waals surface area contributed by atoms with E-state index in [0.29, 0.717) is 18.0 Å². The van der Waals surface area contributed by atoms with Gasteiger partial charge in [-0.15, -0.1) is 11.3 Å². The molecule has 0 atom stereocenters. The lowest BCUT2D eigenvalue weighted by atomic mass is 10.1. The van der Waals surface area contributed by atoms with Crippen LogP contribution in [0, 0.1) is 0 Å². The number of rotatable bonds is 5. The molecule has 9 nitrogen and oxygen atoms in total. The van der Waals surface area contributed by atoms with Gasteiger partial charge in [-0.2, -0.15) is 0 Å². The molecule has 27 heavy (non-hydrogen) atoms. The van der Waals surface area contributed by atoms with E-state index >= 15 is 0 Å².